The predicted molar refractivity (Wildman–Crippen MR) is 106 cm³/mol. The standard InChI is InChI=1S/C19H23N5OS/c1-23-12-7-16(8-13-23)24(19(25)17-3-2-14-26-17)18(20)6-11-22-15-4-9-21-10-5-15/h2-6,9-11,14,16,20H,7-8,12-13H2,1H3,(H,21,22)/b11-6-,20-18?. The molecule has 1 aliphatic heterocycles. The minimum Gasteiger partial charge on any atom is -0.361 e. The Bertz CT molecular complexity index is 752. The van der Waals surface area contributed by atoms with Gasteiger partial charge in [0, 0.05) is 30.3 Å². The molecule has 0 bridgehead atoms. The zero-order valence-corrected chi connectivity index (χ0v) is 15.6. The first kappa shape index (κ1) is 18.3. The molecule has 2 N–H and O–H groups in total. The van der Waals surface area contributed by atoms with Crippen LogP contribution in [0.15, 0.2) is 54.3 Å². The number of amides is 1. The number of carbonyl (C=O) groups is 1. The fraction of sp³-hybridized carbons (Fsp3) is 0.316. The van der Waals surface area contributed by atoms with Crippen molar-refractivity contribution in [3.8, 4) is 0 Å². The fourth-order valence-corrected chi connectivity index (χ4v) is 3.65. The Hall–Kier alpha value is -2.51. The summed E-state index contributed by atoms with van der Waals surface area (Å²) >= 11 is 1.42. The molecule has 1 saturated heterocycles. The molecule has 2 aromatic heterocycles. The van der Waals surface area contributed by atoms with E-state index in [-0.39, 0.29) is 17.8 Å². The average Bonchev–Trinajstić information content (AvgIpc) is 3.19. The topological polar surface area (TPSA) is 72.3 Å². The molecule has 7 heteroatoms. The van der Waals surface area contributed by atoms with Crippen molar-refractivity contribution in [2.75, 3.05) is 25.5 Å². The predicted octanol–water partition coefficient (Wildman–Crippen LogP) is 3.28. The van der Waals surface area contributed by atoms with Crippen LogP contribution in [0, 0.1) is 5.41 Å². The molecule has 3 rings (SSSR count). The van der Waals surface area contributed by atoms with Gasteiger partial charge < -0.3 is 10.2 Å². The van der Waals surface area contributed by atoms with E-state index in [0.717, 1.165) is 31.6 Å². The van der Waals surface area contributed by atoms with Crippen molar-refractivity contribution < 1.29 is 4.79 Å². The quantitative estimate of drug-likeness (QED) is 0.627. The molecule has 0 aromatic carbocycles. The Morgan fingerprint density at radius 3 is 2.73 bits per heavy atom. The average molecular weight is 369 g/mol. The van der Waals surface area contributed by atoms with Crippen molar-refractivity contribution in [3.05, 3.63) is 59.2 Å². The van der Waals surface area contributed by atoms with Crippen LogP contribution in [0.4, 0.5) is 5.69 Å². The van der Waals surface area contributed by atoms with Gasteiger partial charge in [-0.3, -0.25) is 20.1 Å². The molecule has 0 aliphatic carbocycles. The summed E-state index contributed by atoms with van der Waals surface area (Å²) in [5.74, 6) is 0.118. The zero-order valence-electron chi connectivity index (χ0n) is 14.8. The van der Waals surface area contributed by atoms with Crippen molar-refractivity contribution in [2.45, 2.75) is 18.9 Å². The summed E-state index contributed by atoms with van der Waals surface area (Å²) in [6, 6.07) is 7.44. The van der Waals surface area contributed by atoms with Gasteiger partial charge in [-0.25, -0.2) is 0 Å². The lowest BCUT2D eigenvalue weighted by Crippen LogP contribution is -2.48. The normalized spacial score (nSPS) is 15.9. The maximum Gasteiger partial charge on any atom is 0.269 e. The number of aromatic nitrogens is 1. The summed E-state index contributed by atoms with van der Waals surface area (Å²) in [6.45, 7) is 1.87. The molecule has 0 atom stereocenters. The molecule has 1 fully saturated rings. The minimum atomic E-state index is -0.0897. The van der Waals surface area contributed by atoms with Crippen molar-refractivity contribution in [1.29, 1.82) is 5.41 Å². The van der Waals surface area contributed by atoms with E-state index in [9.17, 15) is 4.79 Å². The van der Waals surface area contributed by atoms with Crippen LogP contribution in [-0.4, -0.2) is 52.7 Å². The Morgan fingerprint density at radius 1 is 1.35 bits per heavy atom. The van der Waals surface area contributed by atoms with E-state index in [1.54, 1.807) is 29.6 Å². The summed E-state index contributed by atoms with van der Waals surface area (Å²) < 4.78 is 0. The zero-order chi connectivity index (χ0) is 18.4. The smallest absolute Gasteiger partial charge is 0.269 e. The van der Waals surface area contributed by atoms with Crippen LogP contribution in [-0.2, 0) is 0 Å². The number of anilines is 1. The Balaban J connectivity index is 1.73. The number of rotatable bonds is 5. The van der Waals surface area contributed by atoms with Crippen molar-refractivity contribution in [3.63, 3.8) is 0 Å². The molecule has 0 unspecified atom stereocenters. The molecule has 2 aromatic rings. The lowest BCUT2D eigenvalue weighted by Gasteiger charge is -2.36. The maximum atomic E-state index is 13.0. The second kappa shape index (κ2) is 8.73. The minimum absolute atomic E-state index is 0.0545. The molecular formula is C19H23N5OS. The lowest BCUT2D eigenvalue weighted by molar-refractivity contribution is 0.0753. The van der Waals surface area contributed by atoms with E-state index in [1.165, 1.54) is 11.3 Å². The van der Waals surface area contributed by atoms with Gasteiger partial charge in [0.25, 0.3) is 5.91 Å². The molecule has 3 heterocycles. The van der Waals surface area contributed by atoms with Crippen LogP contribution in [0.5, 0.6) is 0 Å². The Morgan fingerprint density at radius 2 is 2.08 bits per heavy atom. The number of thiophene rings is 1. The van der Waals surface area contributed by atoms with Crippen LogP contribution >= 0.6 is 11.3 Å². The van der Waals surface area contributed by atoms with E-state index in [0.29, 0.717) is 4.88 Å². The van der Waals surface area contributed by atoms with Crippen LogP contribution in [0.2, 0.25) is 0 Å². The van der Waals surface area contributed by atoms with Crippen LogP contribution in [0.1, 0.15) is 22.5 Å². The highest BCUT2D eigenvalue weighted by Gasteiger charge is 2.30. The van der Waals surface area contributed by atoms with Crippen LogP contribution in [0.25, 0.3) is 0 Å². The van der Waals surface area contributed by atoms with Gasteiger partial charge in [-0.1, -0.05) is 6.07 Å². The molecule has 1 aliphatic rings. The Labute approximate surface area is 157 Å². The van der Waals surface area contributed by atoms with Gasteiger partial charge in [0.1, 0.15) is 5.84 Å². The maximum absolute atomic E-state index is 13.0. The van der Waals surface area contributed by atoms with E-state index in [2.05, 4.69) is 22.2 Å². The van der Waals surface area contributed by atoms with E-state index in [1.807, 2.05) is 29.6 Å². The second-order valence-corrected chi connectivity index (χ2v) is 7.23. The molecule has 0 spiro atoms. The lowest BCUT2D eigenvalue weighted by atomic mass is 10.0. The number of pyridine rings is 1. The van der Waals surface area contributed by atoms with Crippen molar-refractivity contribution in [2.24, 2.45) is 0 Å². The van der Waals surface area contributed by atoms with Gasteiger partial charge in [0.05, 0.1) is 4.88 Å². The first-order chi connectivity index (χ1) is 12.6. The van der Waals surface area contributed by atoms with Gasteiger partial charge in [-0.15, -0.1) is 11.3 Å². The van der Waals surface area contributed by atoms with Crippen LogP contribution < -0.4 is 5.32 Å². The summed E-state index contributed by atoms with van der Waals surface area (Å²) in [6.07, 6.45) is 8.49. The number of carbonyl (C=O) groups excluding carboxylic acids is 1. The summed E-state index contributed by atoms with van der Waals surface area (Å²) in [5, 5.41) is 13.5. The highest BCUT2D eigenvalue weighted by molar-refractivity contribution is 7.12. The van der Waals surface area contributed by atoms with Gasteiger partial charge >= 0.3 is 0 Å². The van der Waals surface area contributed by atoms with Gasteiger partial charge in [0.2, 0.25) is 0 Å². The third kappa shape index (κ3) is 4.56. The summed E-state index contributed by atoms with van der Waals surface area (Å²) in [5.41, 5.74) is 0.888. The summed E-state index contributed by atoms with van der Waals surface area (Å²) in [7, 11) is 2.09. The molecular weight excluding hydrogens is 346 g/mol. The van der Waals surface area contributed by atoms with Gasteiger partial charge in [0.15, 0.2) is 0 Å². The van der Waals surface area contributed by atoms with E-state index < -0.39 is 0 Å². The molecule has 26 heavy (non-hydrogen) atoms. The number of hydrogen-bond donors (Lipinski definition) is 2. The number of nitrogens with one attached hydrogen (secondary N) is 2. The molecule has 1 amide bonds. The molecule has 136 valence electrons. The second-order valence-electron chi connectivity index (χ2n) is 6.29. The SMILES string of the molecule is CN1CCC(N(C(=N)/C=C\Nc2ccncc2)C(=O)c2cccs2)CC1. The monoisotopic (exact) mass is 369 g/mol. The highest BCUT2D eigenvalue weighted by atomic mass is 32.1. The van der Waals surface area contributed by atoms with Crippen molar-refractivity contribution >= 4 is 28.8 Å². The van der Waals surface area contributed by atoms with Crippen molar-refractivity contribution in [1.82, 2.24) is 14.8 Å². The van der Waals surface area contributed by atoms with Gasteiger partial charge in [-0.05, 0) is 62.6 Å². The number of hydrogen-bond acceptors (Lipinski definition) is 6. The number of amidine groups is 1. The number of nitrogens with zero attached hydrogens (tertiary/aromatic N) is 3. The van der Waals surface area contributed by atoms with Gasteiger partial charge in [-0.2, -0.15) is 0 Å². The number of likely N-dealkylation sites (tertiary alicyclic amines) is 1. The molecule has 0 radical (unpaired) electrons. The third-order valence-electron chi connectivity index (χ3n) is 4.44. The van der Waals surface area contributed by atoms with E-state index in [4.69, 9.17) is 5.41 Å². The molecule has 0 saturated carbocycles. The summed E-state index contributed by atoms with van der Waals surface area (Å²) in [4.78, 5) is 21.5. The first-order valence-corrected chi connectivity index (χ1v) is 9.50. The fourth-order valence-electron chi connectivity index (χ4n) is 2.99. The number of piperidine rings is 1. The first-order valence-electron chi connectivity index (χ1n) is 8.62. The Kier molecular flexibility index (Phi) is 6.14. The molecule has 6 nitrogen and oxygen atoms in total. The van der Waals surface area contributed by atoms with E-state index >= 15 is 0 Å². The highest BCUT2D eigenvalue weighted by Crippen LogP contribution is 2.21. The van der Waals surface area contributed by atoms with Crippen LogP contribution in [0.3, 0.4) is 0 Å². The third-order valence-corrected chi connectivity index (χ3v) is 5.29. The largest absolute Gasteiger partial charge is 0.361 e.